The van der Waals surface area contributed by atoms with E-state index >= 15 is 0 Å². The number of hydrogen-bond acceptors (Lipinski definition) is 3. The Kier molecular flexibility index (Phi) is 7.20. The van der Waals surface area contributed by atoms with Crippen molar-refractivity contribution in [2.75, 3.05) is 11.9 Å². The lowest BCUT2D eigenvalue weighted by molar-refractivity contribution is 0.0697. The smallest absolute Gasteiger partial charge is 0.337 e. The molecule has 2 aromatic carbocycles. The Balaban J connectivity index is 1.85. The van der Waals surface area contributed by atoms with Gasteiger partial charge in [0.25, 0.3) is 0 Å². The van der Waals surface area contributed by atoms with Gasteiger partial charge in [-0.15, -0.1) is 0 Å². The van der Waals surface area contributed by atoms with Gasteiger partial charge in [0.15, 0.2) is 5.78 Å². The second kappa shape index (κ2) is 9.62. The molecule has 4 nitrogen and oxygen atoms in total. The van der Waals surface area contributed by atoms with Gasteiger partial charge < -0.3 is 10.4 Å². The summed E-state index contributed by atoms with van der Waals surface area (Å²) in [6.45, 7) is 2.59. The van der Waals surface area contributed by atoms with Crippen LogP contribution in [0.2, 0.25) is 0 Å². The molecule has 132 valence electrons. The fourth-order valence-corrected chi connectivity index (χ4v) is 2.72. The molecule has 2 N–H and O–H groups in total. The summed E-state index contributed by atoms with van der Waals surface area (Å²) in [5.74, 6) is -0.923. The van der Waals surface area contributed by atoms with Crippen LogP contribution in [0.1, 0.15) is 58.9 Å². The average Bonchev–Trinajstić information content (AvgIpc) is 2.62. The van der Waals surface area contributed by atoms with Crippen molar-refractivity contribution < 1.29 is 14.7 Å². The third-order valence-corrected chi connectivity index (χ3v) is 4.17. The van der Waals surface area contributed by atoms with Crippen LogP contribution in [0.3, 0.4) is 0 Å². The van der Waals surface area contributed by atoms with Crippen LogP contribution in [-0.4, -0.2) is 23.4 Å². The Bertz CT molecular complexity index is 707. The van der Waals surface area contributed by atoms with Crippen molar-refractivity contribution in [2.24, 2.45) is 0 Å². The molecule has 0 aliphatic carbocycles. The molecule has 0 atom stereocenters. The highest BCUT2D eigenvalue weighted by Gasteiger charge is 2.10. The van der Waals surface area contributed by atoms with E-state index in [-0.39, 0.29) is 11.3 Å². The zero-order valence-electron chi connectivity index (χ0n) is 14.6. The van der Waals surface area contributed by atoms with Crippen molar-refractivity contribution in [3.8, 4) is 0 Å². The number of para-hydroxylation sites is 1. The van der Waals surface area contributed by atoms with Gasteiger partial charge >= 0.3 is 5.97 Å². The fraction of sp³-hybridized carbons (Fsp3) is 0.333. The maximum Gasteiger partial charge on any atom is 0.337 e. The van der Waals surface area contributed by atoms with Crippen LogP contribution in [0.25, 0.3) is 0 Å². The first-order valence-electron chi connectivity index (χ1n) is 8.80. The minimum Gasteiger partial charge on any atom is -0.478 e. The van der Waals surface area contributed by atoms with E-state index in [9.17, 15) is 9.59 Å². The topological polar surface area (TPSA) is 66.4 Å². The molecule has 0 fully saturated rings. The Morgan fingerprint density at radius 3 is 2.40 bits per heavy atom. The predicted octanol–water partition coefficient (Wildman–Crippen LogP) is 4.80. The van der Waals surface area contributed by atoms with Crippen LogP contribution in [0.4, 0.5) is 5.69 Å². The van der Waals surface area contributed by atoms with Crippen LogP contribution in [0.5, 0.6) is 0 Å². The fourth-order valence-electron chi connectivity index (χ4n) is 2.72. The predicted molar refractivity (Wildman–Crippen MR) is 101 cm³/mol. The average molecular weight is 339 g/mol. The minimum atomic E-state index is -0.979. The molecule has 2 rings (SSSR count). The van der Waals surface area contributed by atoms with Gasteiger partial charge in [-0.05, 0) is 30.5 Å². The summed E-state index contributed by atoms with van der Waals surface area (Å²) >= 11 is 0. The lowest BCUT2D eigenvalue weighted by atomic mass is 10.0. The van der Waals surface area contributed by atoms with Gasteiger partial charge in [0, 0.05) is 24.2 Å². The number of Topliss-reactive ketones (excluding diaryl/α,β-unsaturated/α-hetero) is 1. The summed E-state index contributed by atoms with van der Waals surface area (Å²) in [6, 6.07) is 14.5. The number of aryl methyl sites for hydroxylation is 1. The van der Waals surface area contributed by atoms with E-state index < -0.39 is 5.97 Å². The van der Waals surface area contributed by atoms with Gasteiger partial charge in [-0.2, -0.15) is 0 Å². The molecule has 0 bridgehead atoms. The zero-order chi connectivity index (χ0) is 18.1. The molecule has 0 spiro atoms. The first-order valence-corrected chi connectivity index (χ1v) is 8.80. The summed E-state index contributed by atoms with van der Waals surface area (Å²) < 4.78 is 0. The highest BCUT2D eigenvalue weighted by Crippen LogP contribution is 2.15. The van der Waals surface area contributed by atoms with Crippen molar-refractivity contribution in [1.82, 2.24) is 0 Å². The Labute approximate surface area is 148 Å². The number of nitrogens with one attached hydrogen (secondary N) is 1. The van der Waals surface area contributed by atoms with E-state index in [1.165, 1.54) is 24.8 Å². The molecule has 0 aromatic heterocycles. The summed E-state index contributed by atoms with van der Waals surface area (Å²) in [7, 11) is 0. The second-order valence-corrected chi connectivity index (χ2v) is 6.10. The largest absolute Gasteiger partial charge is 0.478 e. The monoisotopic (exact) mass is 339 g/mol. The summed E-state index contributed by atoms with van der Waals surface area (Å²) in [5.41, 5.74) is 2.71. The number of carbonyl (C=O) groups excluding carboxylic acids is 1. The highest BCUT2D eigenvalue weighted by atomic mass is 16.4. The maximum atomic E-state index is 12.3. The molecule has 0 radical (unpaired) electrons. The lowest BCUT2D eigenvalue weighted by Gasteiger charge is -2.09. The van der Waals surface area contributed by atoms with Gasteiger partial charge in [-0.1, -0.05) is 56.2 Å². The molecule has 0 saturated heterocycles. The number of aromatic carboxylic acids is 1. The van der Waals surface area contributed by atoms with Crippen LogP contribution in [-0.2, 0) is 6.42 Å². The van der Waals surface area contributed by atoms with E-state index in [4.69, 9.17) is 5.11 Å². The Morgan fingerprint density at radius 2 is 1.72 bits per heavy atom. The summed E-state index contributed by atoms with van der Waals surface area (Å²) in [6.07, 6.45) is 4.98. The van der Waals surface area contributed by atoms with Gasteiger partial charge in [0.2, 0.25) is 0 Å². The Hall–Kier alpha value is -2.62. The van der Waals surface area contributed by atoms with E-state index in [0.717, 1.165) is 6.42 Å². The van der Waals surface area contributed by atoms with Crippen LogP contribution >= 0.6 is 0 Å². The van der Waals surface area contributed by atoms with Gasteiger partial charge in [0.05, 0.1) is 5.56 Å². The second-order valence-electron chi connectivity index (χ2n) is 6.10. The molecule has 2 aromatic rings. The number of hydrogen-bond donors (Lipinski definition) is 2. The molecular formula is C21H25NO3. The third-order valence-electron chi connectivity index (χ3n) is 4.17. The SMILES string of the molecule is CCCCCc1ccc(C(=O)CCNc2ccccc2C(=O)O)cc1. The van der Waals surface area contributed by atoms with E-state index in [1.807, 2.05) is 24.3 Å². The molecule has 0 saturated carbocycles. The zero-order valence-corrected chi connectivity index (χ0v) is 14.6. The molecule has 0 heterocycles. The normalized spacial score (nSPS) is 10.4. The molecule has 4 heteroatoms. The number of benzene rings is 2. The summed E-state index contributed by atoms with van der Waals surface area (Å²) in [5, 5.41) is 12.2. The maximum absolute atomic E-state index is 12.3. The van der Waals surface area contributed by atoms with Crippen molar-refractivity contribution in [3.63, 3.8) is 0 Å². The number of carbonyl (C=O) groups is 2. The molecular weight excluding hydrogens is 314 g/mol. The van der Waals surface area contributed by atoms with Gasteiger partial charge in [-0.3, -0.25) is 4.79 Å². The quantitative estimate of drug-likeness (QED) is 0.482. The van der Waals surface area contributed by atoms with Crippen LogP contribution in [0, 0.1) is 0 Å². The van der Waals surface area contributed by atoms with E-state index in [2.05, 4.69) is 12.2 Å². The van der Waals surface area contributed by atoms with Crippen molar-refractivity contribution in [2.45, 2.75) is 39.0 Å². The van der Waals surface area contributed by atoms with E-state index in [1.54, 1.807) is 24.3 Å². The van der Waals surface area contributed by atoms with Crippen LogP contribution < -0.4 is 5.32 Å². The first-order chi connectivity index (χ1) is 12.1. The highest BCUT2D eigenvalue weighted by molar-refractivity contribution is 5.97. The Morgan fingerprint density at radius 1 is 1.00 bits per heavy atom. The van der Waals surface area contributed by atoms with Crippen molar-refractivity contribution >= 4 is 17.4 Å². The summed E-state index contributed by atoms with van der Waals surface area (Å²) in [4.78, 5) is 23.4. The van der Waals surface area contributed by atoms with Gasteiger partial charge in [-0.25, -0.2) is 4.79 Å². The molecule has 0 unspecified atom stereocenters. The number of anilines is 1. The van der Waals surface area contributed by atoms with Gasteiger partial charge in [0.1, 0.15) is 0 Å². The number of rotatable bonds is 10. The molecule has 0 aliphatic heterocycles. The van der Waals surface area contributed by atoms with E-state index in [0.29, 0.717) is 24.2 Å². The standard InChI is InChI=1S/C21H25NO3/c1-2-3-4-7-16-10-12-17(13-11-16)20(23)14-15-22-19-9-6-5-8-18(19)21(24)25/h5-6,8-13,22H,2-4,7,14-15H2,1H3,(H,24,25). The number of unbranched alkanes of at least 4 members (excludes halogenated alkanes) is 2. The molecule has 0 aliphatic rings. The number of carboxylic acids is 1. The number of carboxylic acid groups (broad SMARTS) is 1. The first kappa shape index (κ1) is 18.7. The number of ketones is 1. The van der Waals surface area contributed by atoms with Crippen molar-refractivity contribution in [1.29, 1.82) is 0 Å². The third kappa shape index (κ3) is 5.75. The molecule has 25 heavy (non-hydrogen) atoms. The van der Waals surface area contributed by atoms with Crippen LogP contribution in [0.15, 0.2) is 48.5 Å². The minimum absolute atomic E-state index is 0.0559. The molecule has 0 amide bonds. The van der Waals surface area contributed by atoms with Crippen molar-refractivity contribution in [3.05, 3.63) is 65.2 Å². The lowest BCUT2D eigenvalue weighted by Crippen LogP contribution is -2.11.